The van der Waals surface area contributed by atoms with Crippen LogP contribution in [-0.4, -0.2) is 23.2 Å². The SMILES string of the molecule is CC(=O)N[C@H](C(=O)S)C(F)(F)F. The van der Waals surface area contributed by atoms with Crippen LogP contribution in [0.3, 0.4) is 0 Å². The van der Waals surface area contributed by atoms with Crippen molar-refractivity contribution in [3.63, 3.8) is 0 Å². The summed E-state index contributed by atoms with van der Waals surface area (Å²) in [6, 6.07) is -2.52. The van der Waals surface area contributed by atoms with Gasteiger partial charge in [-0.1, -0.05) is 0 Å². The Balaban J connectivity index is 4.46. The predicted octanol–water partition coefficient (Wildman–Crippen LogP) is 0.510. The zero-order chi connectivity index (χ0) is 9.94. The number of rotatable bonds is 2. The van der Waals surface area contributed by atoms with E-state index in [1.54, 1.807) is 0 Å². The maximum Gasteiger partial charge on any atom is 0.416 e. The van der Waals surface area contributed by atoms with Gasteiger partial charge in [0.1, 0.15) is 0 Å². The van der Waals surface area contributed by atoms with Crippen molar-refractivity contribution in [3.05, 3.63) is 0 Å². The molecule has 0 bridgehead atoms. The molecule has 1 atom stereocenters. The number of carbonyl (C=O) groups is 2. The zero-order valence-electron chi connectivity index (χ0n) is 5.97. The first-order valence-corrected chi connectivity index (χ1v) is 3.26. The van der Waals surface area contributed by atoms with E-state index in [-0.39, 0.29) is 0 Å². The third-order valence-corrected chi connectivity index (χ3v) is 1.18. The summed E-state index contributed by atoms with van der Waals surface area (Å²) in [6.07, 6.45) is -4.79. The molecule has 0 heterocycles. The second-order valence-electron chi connectivity index (χ2n) is 2.01. The fourth-order valence-electron chi connectivity index (χ4n) is 0.487. The van der Waals surface area contributed by atoms with Crippen molar-refractivity contribution in [1.29, 1.82) is 0 Å². The Hall–Kier alpha value is -0.720. The monoisotopic (exact) mass is 201 g/mol. The molecule has 0 aromatic heterocycles. The average molecular weight is 201 g/mol. The van der Waals surface area contributed by atoms with Crippen LogP contribution in [0.25, 0.3) is 0 Å². The van der Waals surface area contributed by atoms with Crippen molar-refractivity contribution < 1.29 is 22.8 Å². The Morgan fingerprint density at radius 1 is 1.42 bits per heavy atom. The Morgan fingerprint density at radius 2 is 1.83 bits per heavy atom. The molecule has 0 aromatic carbocycles. The van der Waals surface area contributed by atoms with Crippen molar-refractivity contribution in [1.82, 2.24) is 5.32 Å². The summed E-state index contributed by atoms with van der Waals surface area (Å²) in [5.41, 5.74) is 0. The third-order valence-electron chi connectivity index (χ3n) is 0.922. The number of hydrogen-bond donors (Lipinski definition) is 2. The van der Waals surface area contributed by atoms with Gasteiger partial charge in [0.15, 0.2) is 6.04 Å². The van der Waals surface area contributed by atoms with Crippen molar-refractivity contribution in [2.24, 2.45) is 0 Å². The minimum absolute atomic E-state index is 0.884. The lowest BCUT2D eigenvalue weighted by atomic mass is 10.3. The van der Waals surface area contributed by atoms with Crippen LogP contribution in [0, 0.1) is 0 Å². The van der Waals surface area contributed by atoms with Gasteiger partial charge in [0.05, 0.1) is 0 Å². The molecular weight excluding hydrogens is 195 g/mol. The van der Waals surface area contributed by atoms with Gasteiger partial charge >= 0.3 is 6.18 Å². The molecule has 3 nitrogen and oxygen atoms in total. The summed E-state index contributed by atoms with van der Waals surface area (Å²) in [5.74, 6) is -0.931. The molecule has 0 spiro atoms. The van der Waals surface area contributed by atoms with E-state index in [1.165, 1.54) is 5.32 Å². The molecule has 7 heteroatoms. The highest BCUT2D eigenvalue weighted by atomic mass is 32.1. The normalized spacial score (nSPS) is 13.8. The molecule has 0 unspecified atom stereocenters. The van der Waals surface area contributed by atoms with Crippen LogP contribution in [0.2, 0.25) is 0 Å². The van der Waals surface area contributed by atoms with Gasteiger partial charge in [0, 0.05) is 6.92 Å². The second-order valence-corrected chi connectivity index (χ2v) is 2.45. The Bertz CT molecular complexity index is 203. The number of carbonyl (C=O) groups excluding carboxylic acids is 2. The molecule has 1 N–H and O–H groups in total. The van der Waals surface area contributed by atoms with E-state index in [4.69, 9.17) is 0 Å². The predicted molar refractivity (Wildman–Crippen MR) is 37.7 cm³/mol. The standard InChI is InChI=1S/C5H6F3NO2S/c1-2(10)9-3(4(11)12)5(6,7)8/h3H,1H3,(H,9,10)(H,11,12)/t3-/m1/s1. The lowest BCUT2D eigenvalue weighted by Gasteiger charge is -2.16. The second kappa shape index (κ2) is 3.79. The number of hydrogen-bond acceptors (Lipinski definition) is 2. The van der Waals surface area contributed by atoms with Crippen molar-refractivity contribution in [2.75, 3.05) is 0 Å². The lowest BCUT2D eigenvalue weighted by molar-refractivity contribution is -0.165. The van der Waals surface area contributed by atoms with Crippen molar-refractivity contribution in [3.8, 4) is 0 Å². The van der Waals surface area contributed by atoms with E-state index in [2.05, 4.69) is 12.6 Å². The quantitative estimate of drug-likeness (QED) is 0.639. The van der Waals surface area contributed by atoms with Crippen LogP contribution in [0.4, 0.5) is 13.2 Å². The molecule has 1 amide bonds. The highest BCUT2D eigenvalue weighted by Gasteiger charge is 2.44. The van der Waals surface area contributed by atoms with E-state index in [1.807, 2.05) is 0 Å². The lowest BCUT2D eigenvalue weighted by Crippen LogP contribution is -2.48. The van der Waals surface area contributed by atoms with Gasteiger partial charge in [-0.2, -0.15) is 13.2 Å². The minimum Gasteiger partial charge on any atom is -0.338 e. The van der Waals surface area contributed by atoms with E-state index in [0.29, 0.717) is 0 Å². The summed E-state index contributed by atoms with van der Waals surface area (Å²) >= 11 is 2.99. The number of halogens is 3. The first-order chi connectivity index (χ1) is 5.25. The fourth-order valence-corrected chi connectivity index (χ4v) is 0.698. The number of alkyl halides is 3. The number of nitrogens with one attached hydrogen (secondary N) is 1. The fraction of sp³-hybridized carbons (Fsp3) is 0.600. The first kappa shape index (κ1) is 11.3. The largest absolute Gasteiger partial charge is 0.416 e. The molecule has 70 valence electrons. The van der Waals surface area contributed by atoms with E-state index < -0.39 is 23.2 Å². The molecule has 0 saturated carbocycles. The number of thiol groups is 1. The summed E-state index contributed by atoms with van der Waals surface area (Å²) in [4.78, 5) is 20.5. The van der Waals surface area contributed by atoms with Crippen LogP contribution < -0.4 is 5.32 Å². The number of amides is 1. The van der Waals surface area contributed by atoms with Crippen LogP contribution in [-0.2, 0) is 9.59 Å². The van der Waals surface area contributed by atoms with Gasteiger partial charge in [-0.05, 0) is 0 Å². The highest BCUT2D eigenvalue weighted by molar-refractivity contribution is 7.96. The minimum atomic E-state index is -4.79. The van der Waals surface area contributed by atoms with Gasteiger partial charge in [-0.3, -0.25) is 9.59 Å². The van der Waals surface area contributed by atoms with E-state index in [0.717, 1.165) is 6.92 Å². The molecule has 0 fully saturated rings. The molecular formula is C5H6F3NO2S. The summed E-state index contributed by atoms with van der Waals surface area (Å²) < 4.78 is 35.5. The molecule has 0 rings (SSSR count). The van der Waals surface area contributed by atoms with Crippen LogP contribution in [0.5, 0.6) is 0 Å². The zero-order valence-corrected chi connectivity index (χ0v) is 6.87. The third kappa shape index (κ3) is 3.61. The molecule has 0 aliphatic rings. The first-order valence-electron chi connectivity index (χ1n) is 2.81. The maximum atomic E-state index is 11.8. The Kier molecular flexibility index (Phi) is 3.56. The van der Waals surface area contributed by atoms with Gasteiger partial charge in [-0.25, -0.2) is 0 Å². The summed E-state index contributed by atoms with van der Waals surface area (Å²) in [6.45, 7) is 0.884. The van der Waals surface area contributed by atoms with Gasteiger partial charge in [0.2, 0.25) is 11.0 Å². The van der Waals surface area contributed by atoms with Crippen molar-refractivity contribution in [2.45, 2.75) is 19.1 Å². The smallest absolute Gasteiger partial charge is 0.338 e. The molecule has 0 aromatic rings. The summed E-state index contributed by atoms with van der Waals surface area (Å²) in [5, 5.41) is -0.00329. The van der Waals surface area contributed by atoms with Gasteiger partial charge < -0.3 is 5.32 Å². The van der Waals surface area contributed by atoms with Crippen LogP contribution in [0.15, 0.2) is 0 Å². The average Bonchev–Trinajstić information content (AvgIpc) is 1.79. The molecule has 0 saturated heterocycles. The van der Waals surface area contributed by atoms with Crippen LogP contribution in [0.1, 0.15) is 6.92 Å². The topological polar surface area (TPSA) is 46.2 Å². The van der Waals surface area contributed by atoms with E-state index in [9.17, 15) is 22.8 Å². The Morgan fingerprint density at radius 3 is 1.92 bits per heavy atom. The maximum absolute atomic E-state index is 11.8. The van der Waals surface area contributed by atoms with Gasteiger partial charge in [-0.15, -0.1) is 12.6 Å². The summed E-state index contributed by atoms with van der Waals surface area (Å²) in [7, 11) is 0. The molecule has 0 aliphatic heterocycles. The van der Waals surface area contributed by atoms with E-state index >= 15 is 0 Å². The van der Waals surface area contributed by atoms with Gasteiger partial charge in [0.25, 0.3) is 0 Å². The van der Waals surface area contributed by atoms with Crippen LogP contribution >= 0.6 is 12.6 Å². The molecule has 0 radical (unpaired) electrons. The molecule has 12 heavy (non-hydrogen) atoms. The van der Waals surface area contributed by atoms with Crippen molar-refractivity contribution >= 4 is 23.7 Å². The Labute approximate surface area is 71.7 Å². The highest BCUT2D eigenvalue weighted by Crippen LogP contribution is 2.21. The molecule has 0 aliphatic carbocycles.